The lowest BCUT2D eigenvalue weighted by Gasteiger charge is -2.11. The fourth-order valence-corrected chi connectivity index (χ4v) is 3.82. The summed E-state index contributed by atoms with van der Waals surface area (Å²) < 4.78 is 6.22. The third-order valence-electron chi connectivity index (χ3n) is 4.99. The second kappa shape index (κ2) is 10.3. The van der Waals surface area contributed by atoms with Crippen LogP contribution in [0, 0.1) is 5.92 Å². The third-order valence-corrected chi connectivity index (χ3v) is 5.49. The van der Waals surface area contributed by atoms with Crippen LogP contribution in [0.15, 0.2) is 53.0 Å². The maximum Gasteiger partial charge on any atom is 0.244 e. The van der Waals surface area contributed by atoms with E-state index in [0.717, 1.165) is 47.0 Å². The van der Waals surface area contributed by atoms with Gasteiger partial charge in [-0.05, 0) is 54.8 Å². The zero-order valence-electron chi connectivity index (χ0n) is 16.4. The molecule has 0 aromatic heterocycles. The molecule has 2 N–H and O–H groups in total. The van der Waals surface area contributed by atoms with Crippen molar-refractivity contribution >= 4 is 39.5 Å². The van der Waals surface area contributed by atoms with E-state index in [1.165, 1.54) is 6.08 Å². The standard InChI is InChI=1S/C23H25BrN2O3/c1-29-21-11-10-19(24)14-18(21)9-12-22(27)25-15-16-5-4-8-20(13-16)26-23(28)17-6-2-3-7-17/h4-5,8-14,17H,2-3,6-7,15H2,1H3,(H,25,27)(H,26,28). The van der Waals surface area contributed by atoms with Crippen LogP contribution in [0.4, 0.5) is 5.69 Å². The van der Waals surface area contributed by atoms with Crippen molar-refractivity contribution in [3.8, 4) is 5.75 Å². The summed E-state index contributed by atoms with van der Waals surface area (Å²) in [5.74, 6) is 0.712. The van der Waals surface area contributed by atoms with E-state index in [9.17, 15) is 9.59 Å². The van der Waals surface area contributed by atoms with Gasteiger partial charge in [-0.3, -0.25) is 9.59 Å². The SMILES string of the molecule is COc1ccc(Br)cc1C=CC(=O)NCc1cccc(NC(=O)C2CCCC2)c1. The van der Waals surface area contributed by atoms with Crippen LogP contribution in [0.25, 0.3) is 6.08 Å². The fourth-order valence-electron chi connectivity index (χ4n) is 3.44. The van der Waals surface area contributed by atoms with Gasteiger partial charge in [0, 0.05) is 34.3 Å². The molecule has 2 amide bonds. The number of hydrogen-bond acceptors (Lipinski definition) is 3. The monoisotopic (exact) mass is 456 g/mol. The van der Waals surface area contributed by atoms with Crippen LogP contribution in [0.3, 0.4) is 0 Å². The Labute approximate surface area is 179 Å². The van der Waals surface area contributed by atoms with Gasteiger partial charge in [-0.25, -0.2) is 0 Å². The molecule has 152 valence electrons. The van der Waals surface area contributed by atoms with Gasteiger partial charge in [0.15, 0.2) is 0 Å². The van der Waals surface area contributed by atoms with Crippen LogP contribution < -0.4 is 15.4 Å². The second-order valence-electron chi connectivity index (χ2n) is 7.11. The van der Waals surface area contributed by atoms with Gasteiger partial charge >= 0.3 is 0 Å². The molecule has 1 aliphatic carbocycles. The third kappa shape index (κ3) is 6.19. The van der Waals surface area contributed by atoms with Crippen LogP contribution in [-0.2, 0) is 16.1 Å². The molecule has 0 aliphatic heterocycles. The number of amides is 2. The minimum Gasteiger partial charge on any atom is -0.496 e. The number of ether oxygens (including phenoxy) is 1. The number of halogens is 1. The first kappa shape index (κ1) is 21.1. The Morgan fingerprint density at radius 2 is 1.97 bits per heavy atom. The summed E-state index contributed by atoms with van der Waals surface area (Å²) in [5.41, 5.74) is 2.51. The van der Waals surface area contributed by atoms with Crippen LogP contribution in [0.1, 0.15) is 36.8 Å². The van der Waals surface area contributed by atoms with Gasteiger partial charge in [-0.2, -0.15) is 0 Å². The summed E-state index contributed by atoms with van der Waals surface area (Å²) in [4.78, 5) is 24.5. The molecule has 2 aromatic carbocycles. The van der Waals surface area contributed by atoms with Crippen molar-refractivity contribution in [2.24, 2.45) is 5.92 Å². The normalized spacial score (nSPS) is 14.1. The number of benzene rings is 2. The summed E-state index contributed by atoms with van der Waals surface area (Å²) in [5, 5.41) is 5.86. The summed E-state index contributed by atoms with van der Waals surface area (Å²) >= 11 is 3.42. The molecule has 0 heterocycles. The van der Waals surface area contributed by atoms with Gasteiger partial charge in [-0.15, -0.1) is 0 Å². The number of methoxy groups -OCH3 is 1. The highest BCUT2D eigenvalue weighted by Crippen LogP contribution is 2.26. The molecule has 0 radical (unpaired) electrons. The molecule has 0 spiro atoms. The van der Waals surface area contributed by atoms with Crippen LogP contribution in [0.2, 0.25) is 0 Å². The largest absolute Gasteiger partial charge is 0.496 e. The molecular weight excluding hydrogens is 432 g/mol. The maximum atomic E-state index is 12.3. The minimum atomic E-state index is -0.201. The average Bonchev–Trinajstić information content (AvgIpc) is 3.26. The van der Waals surface area contributed by atoms with Crippen LogP contribution in [0.5, 0.6) is 5.75 Å². The molecule has 0 unspecified atom stereocenters. The Kier molecular flexibility index (Phi) is 7.47. The Morgan fingerprint density at radius 1 is 1.17 bits per heavy atom. The van der Waals surface area contributed by atoms with Gasteiger partial charge in [0.1, 0.15) is 5.75 Å². The number of nitrogens with one attached hydrogen (secondary N) is 2. The molecule has 1 fully saturated rings. The maximum absolute atomic E-state index is 12.3. The Balaban J connectivity index is 1.55. The van der Waals surface area contributed by atoms with Crippen molar-refractivity contribution < 1.29 is 14.3 Å². The van der Waals surface area contributed by atoms with Crippen molar-refractivity contribution in [2.75, 3.05) is 12.4 Å². The van der Waals surface area contributed by atoms with E-state index >= 15 is 0 Å². The Morgan fingerprint density at radius 3 is 2.72 bits per heavy atom. The lowest BCUT2D eigenvalue weighted by Crippen LogP contribution is -2.21. The minimum absolute atomic E-state index is 0.0922. The average molecular weight is 457 g/mol. The molecule has 1 saturated carbocycles. The summed E-state index contributed by atoms with van der Waals surface area (Å²) in [7, 11) is 1.60. The highest BCUT2D eigenvalue weighted by atomic mass is 79.9. The number of rotatable bonds is 7. The van der Waals surface area contributed by atoms with Crippen molar-refractivity contribution in [3.05, 3.63) is 64.1 Å². The van der Waals surface area contributed by atoms with E-state index in [1.54, 1.807) is 13.2 Å². The first-order valence-corrected chi connectivity index (χ1v) is 10.5. The molecule has 3 rings (SSSR count). The fraction of sp³-hybridized carbons (Fsp3) is 0.304. The number of anilines is 1. The number of hydrogen-bond donors (Lipinski definition) is 2. The topological polar surface area (TPSA) is 67.4 Å². The predicted molar refractivity (Wildman–Crippen MR) is 119 cm³/mol. The van der Waals surface area contributed by atoms with Gasteiger partial charge in [0.25, 0.3) is 0 Å². The van der Waals surface area contributed by atoms with E-state index < -0.39 is 0 Å². The molecule has 6 heteroatoms. The molecule has 0 bridgehead atoms. The zero-order chi connectivity index (χ0) is 20.6. The van der Waals surface area contributed by atoms with Gasteiger partial charge in [-0.1, -0.05) is 40.9 Å². The Hall–Kier alpha value is -2.60. The molecule has 5 nitrogen and oxygen atoms in total. The summed E-state index contributed by atoms with van der Waals surface area (Å²) in [6, 6.07) is 13.2. The Bertz CT molecular complexity index is 905. The van der Waals surface area contributed by atoms with Gasteiger partial charge in [0.05, 0.1) is 7.11 Å². The first-order valence-electron chi connectivity index (χ1n) is 9.74. The quantitative estimate of drug-likeness (QED) is 0.581. The van der Waals surface area contributed by atoms with Gasteiger partial charge in [0.2, 0.25) is 11.8 Å². The molecule has 0 saturated heterocycles. The first-order chi connectivity index (χ1) is 14.0. The predicted octanol–water partition coefficient (Wildman–Crippen LogP) is 4.92. The molecule has 29 heavy (non-hydrogen) atoms. The molecular formula is C23H25BrN2O3. The van der Waals surface area contributed by atoms with Crippen molar-refractivity contribution in [2.45, 2.75) is 32.2 Å². The summed E-state index contributed by atoms with van der Waals surface area (Å²) in [6.45, 7) is 0.381. The summed E-state index contributed by atoms with van der Waals surface area (Å²) in [6.07, 6.45) is 7.40. The van der Waals surface area contributed by atoms with Crippen molar-refractivity contribution in [3.63, 3.8) is 0 Å². The van der Waals surface area contributed by atoms with E-state index in [2.05, 4.69) is 26.6 Å². The van der Waals surface area contributed by atoms with Crippen LogP contribution in [-0.4, -0.2) is 18.9 Å². The van der Waals surface area contributed by atoms with E-state index in [1.807, 2.05) is 42.5 Å². The highest BCUT2D eigenvalue weighted by molar-refractivity contribution is 9.10. The highest BCUT2D eigenvalue weighted by Gasteiger charge is 2.22. The smallest absolute Gasteiger partial charge is 0.244 e. The van der Waals surface area contributed by atoms with Crippen molar-refractivity contribution in [1.82, 2.24) is 5.32 Å². The zero-order valence-corrected chi connectivity index (χ0v) is 18.0. The molecule has 1 aliphatic rings. The van der Waals surface area contributed by atoms with E-state index in [0.29, 0.717) is 12.3 Å². The van der Waals surface area contributed by atoms with E-state index in [-0.39, 0.29) is 17.7 Å². The van der Waals surface area contributed by atoms with Gasteiger partial charge < -0.3 is 15.4 Å². The molecule has 2 aromatic rings. The lowest BCUT2D eigenvalue weighted by atomic mass is 10.1. The van der Waals surface area contributed by atoms with Crippen LogP contribution >= 0.6 is 15.9 Å². The van der Waals surface area contributed by atoms with Crippen molar-refractivity contribution in [1.29, 1.82) is 0 Å². The number of carbonyl (C=O) groups is 2. The van der Waals surface area contributed by atoms with E-state index in [4.69, 9.17) is 4.74 Å². The number of carbonyl (C=O) groups excluding carboxylic acids is 2. The molecule has 0 atom stereocenters. The lowest BCUT2D eigenvalue weighted by molar-refractivity contribution is -0.119. The second-order valence-corrected chi connectivity index (χ2v) is 8.02.